The molecule has 0 aromatic heterocycles. The molecular weight excluding hydrogens is 276 g/mol. The smallest absolute Gasteiger partial charge is 0.319 e. The zero-order valence-corrected chi connectivity index (χ0v) is 11.6. The highest BCUT2D eigenvalue weighted by atomic mass is 35.5. The number of alkyl halides is 1. The van der Waals surface area contributed by atoms with Gasteiger partial charge in [0.15, 0.2) is 6.23 Å². The van der Waals surface area contributed by atoms with Gasteiger partial charge in [-0.3, -0.25) is 4.90 Å². The van der Waals surface area contributed by atoms with Crippen LogP contribution in [0, 0.1) is 0 Å². The van der Waals surface area contributed by atoms with E-state index in [1.165, 1.54) is 4.90 Å². The molecule has 8 heteroatoms. The van der Waals surface area contributed by atoms with Gasteiger partial charge < -0.3 is 25.4 Å². The van der Waals surface area contributed by atoms with E-state index in [4.69, 9.17) is 16.3 Å². The number of aliphatic hydroxyl groups excluding tert-OH is 3. The first-order chi connectivity index (χ1) is 9.02. The summed E-state index contributed by atoms with van der Waals surface area (Å²) in [6.07, 6.45) is -4.15. The predicted molar refractivity (Wildman–Crippen MR) is 68.9 cm³/mol. The highest BCUT2D eigenvalue weighted by molar-refractivity contribution is 6.18. The molecule has 2 amide bonds. The van der Waals surface area contributed by atoms with Gasteiger partial charge in [-0.25, -0.2) is 4.79 Å². The molecule has 0 aromatic rings. The zero-order valence-electron chi connectivity index (χ0n) is 10.8. The number of nitrogens with one attached hydrogen (secondary N) is 1. The largest absolute Gasteiger partial charge is 0.388 e. The van der Waals surface area contributed by atoms with E-state index in [2.05, 4.69) is 5.32 Å². The van der Waals surface area contributed by atoms with Crippen molar-refractivity contribution in [3.63, 3.8) is 0 Å². The average Bonchev–Trinajstić information content (AvgIpc) is 2.40. The van der Waals surface area contributed by atoms with Crippen LogP contribution in [0.25, 0.3) is 0 Å². The molecule has 0 saturated carbocycles. The Labute approximate surface area is 117 Å². The van der Waals surface area contributed by atoms with Crippen molar-refractivity contribution in [3.8, 4) is 0 Å². The normalized spacial score (nSPS) is 31.0. The maximum absolute atomic E-state index is 11.9. The first-order valence-electron chi connectivity index (χ1n) is 6.29. The molecule has 1 heterocycles. The number of nitrogens with zero attached hydrogens (tertiary/aromatic N) is 1. The van der Waals surface area contributed by atoms with Gasteiger partial charge in [-0.15, -0.1) is 11.6 Å². The van der Waals surface area contributed by atoms with Gasteiger partial charge in [0.2, 0.25) is 0 Å². The minimum Gasteiger partial charge on any atom is -0.388 e. The van der Waals surface area contributed by atoms with Crippen LogP contribution >= 0.6 is 11.6 Å². The molecule has 0 spiro atoms. The van der Waals surface area contributed by atoms with Crippen molar-refractivity contribution in [1.29, 1.82) is 0 Å². The number of rotatable bonds is 5. The van der Waals surface area contributed by atoms with Crippen LogP contribution in [0.5, 0.6) is 0 Å². The third-order valence-corrected chi connectivity index (χ3v) is 3.07. The first kappa shape index (κ1) is 16.5. The van der Waals surface area contributed by atoms with Crippen molar-refractivity contribution >= 4 is 17.6 Å². The van der Waals surface area contributed by atoms with E-state index >= 15 is 0 Å². The lowest BCUT2D eigenvalue weighted by atomic mass is 10.0. The predicted octanol–water partition coefficient (Wildman–Crippen LogP) is -0.914. The summed E-state index contributed by atoms with van der Waals surface area (Å²) < 4.78 is 5.26. The molecule has 0 bridgehead atoms. The Morgan fingerprint density at radius 1 is 1.42 bits per heavy atom. The highest BCUT2D eigenvalue weighted by Crippen LogP contribution is 2.19. The Hall–Kier alpha value is -0.600. The number of carbonyl (C=O) groups is 1. The third kappa shape index (κ3) is 4.19. The number of aliphatic hydroxyl groups is 3. The Bertz CT molecular complexity index is 294. The Balaban J connectivity index is 2.72. The molecular formula is C11H21ClN2O5. The van der Waals surface area contributed by atoms with Crippen molar-refractivity contribution in [2.45, 2.75) is 37.9 Å². The Morgan fingerprint density at radius 3 is 2.68 bits per heavy atom. The van der Waals surface area contributed by atoms with E-state index < -0.39 is 30.6 Å². The minimum atomic E-state index is -1.35. The molecule has 7 nitrogen and oxygen atoms in total. The lowest BCUT2D eigenvalue weighted by molar-refractivity contribution is -0.219. The number of halogens is 1. The van der Waals surface area contributed by atoms with E-state index in [1.807, 2.05) is 6.92 Å². The summed E-state index contributed by atoms with van der Waals surface area (Å²) in [7, 11) is 0. The molecule has 1 aliphatic rings. The van der Waals surface area contributed by atoms with Gasteiger partial charge in [0.25, 0.3) is 0 Å². The molecule has 112 valence electrons. The highest BCUT2D eigenvalue weighted by Gasteiger charge is 2.41. The van der Waals surface area contributed by atoms with Gasteiger partial charge in [-0.1, -0.05) is 6.92 Å². The van der Waals surface area contributed by atoms with Crippen molar-refractivity contribution in [3.05, 3.63) is 0 Å². The molecule has 0 aliphatic carbocycles. The van der Waals surface area contributed by atoms with Crippen LogP contribution in [0.1, 0.15) is 13.3 Å². The summed E-state index contributed by atoms with van der Waals surface area (Å²) in [5, 5.41) is 31.5. The second kappa shape index (κ2) is 7.86. The zero-order chi connectivity index (χ0) is 14.4. The van der Waals surface area contributed by atoms with Gasteiger partial charge in [0.1, 0.15) is 18.3 Å². The third-order valence-electron chi connectivity index (χ3n) is 2.88. The number of carbonyl (C=O) groups excluding carboxylic acids is 1. The Kier molecular flexibility index (Phi) is 6.81. The first-order valence-corrected chi connectivity index (χ1v) is 6.82. The average molecular weight is 297 g/mol. The lowest BCUT2D eigenvalue weighted by Gasteiger charge is -2.41. The number of hydrogen-bond acceptors (Lipinski definition) is 5. The fourth-order valence-electron chi connectivity index (χ4n) is 1.91. The van der Waals surface area contributed by atoms with E-state index in [1.54, 1.807) is 0 Å². The van der Waals surface area contributed by atoms with Crippen molar-refractivity contribution in [1.82, 2.24) is 10.2 Å². The summed E-state index contributed by atoms with van der Waals surface area (Å²) in [5.74, 6) is 0.279. The fourth-order valence-corrected chi connectivity index (χ4v) is 2.00. The molecule has 0 radical (unpaired) electrons. The van der Waals surface area contributed by atoms with Crippen molar-refractivity contribution < 1.29 is 24.9 Å². The SMILES string of the molecule is CCCN(C(=O)NCCCl)C1OC[C@H](O)[C@H](O)[C@H]1O. The van der Waals surface area contributed by atoms with Crippen LogP contribution in [-0.2, 0) is 4.74 Å². The van der Waals surface area contributed by atoms with Crippen molar-refractivity contribution in [2.75, 3.05) is 25.6 Å². The monoisotopic (exact) mass is 296 g/mol. The maximum Gasteiger partial charge on any atom is 0.319 e. The summed E-state index contributed by atoms with van der Waals surface area (Å²) >= 11 is 5.50. The Morgan fingerprint density at radius 2 is 2.11 bits per heavy atom. The number of amides is 2. The van der Waals surface area contributed by atoms with E-state index in [0.29, 0.717) is 19.5 Å². The standard InChI is InChI=1S/C11H21ClN2O5/c1-2-5-14(11(18)13-4-3-12)10-9(17)8(16)7(15)6-19-10/h7-10,15-17H,2-6H2,1H3,(H,13,18)/t7-,8-,9+,10?/m0/s1. The van der Waals surface area contributed by atoms with Gasteiger partial charge in [-0.05, 0) is 6.42 Å². The molecule has 0 aromatic carbocycles. The summed E-state index contributed by atoms with van der Waals surface area (Å²) in [5.41, 5.74) is 0. The lowest BCUT2D eigenvalue weighted by Crippen LogP contribution is -2.61. The number of hydrogen-bond donors (Lipinski definition) is 4. The van der Waals surface area contributed by atoms with Crippen LogP contribution in [0.4, 0.5) is 4.79 Å². The van der Waals surface area contributed by atoms with E-state index in [-0.39, 0.29) is 12.5 Å². The molecule has 19 heavy (non-hydrogen) atoms. The molecule has 1 saturated heterocycles. The molecule has 4 N–H and O–H groups in total. The van der Waals surface area contributed by atoms with Crippen molar-refractivity contribution in [2.24, 2.45) is 0 Å². The molecule has 1 unspecified atom stereocenters. The summed E-state index contributed by atoms with van der Waals surface area (Å²) in [6.45, 7) is 2.40. The van der Waals surface area contributed by atoms with Crippen LogP contribution < -0.4 is 5.32 Å². The number of urea groups is 1. The topological polar surface area (TPSA) is 102 Å². The molecule has 1 aliphatic heterocycles. The van der Waals surface area contributed by atoms with Gasteiger partial charge in [-0.2, -0.15) is 0 Å². The van der Waals surface area contributed by atoms with E-state index in [9.17, 15) is 20.1 Å². The number of ether oxygens (including phenoxy) is 1. The van der Waals surface area contributed by atoms with Crippen LogP contribution in [0.3, 0.4) is 0 Å². The van der Waals surface area contributed by atoms with Crippen LogP contribution in [0.15, 0.2) is 0 Å². The van der Waals surface area contributed by atoms with Crippen LogP contribution in [0.2, 0.25) is 0 Å². The summed E-state index contributed by atoms with van der Waals surface area (Å²) in [4.78, 5) is 13.2. The van der Waals surface area contributed by atoms with Gasteiger partial charge in [0.05, 0.1) is 6.61 Å². The van der Waals surface area contributed by atoms with Crippen LogP contribution in [-0.4, -0.2) is 76.4 Å². The second-order valence-corrected chi connectivity index (χ2v) is 4.76. The van der Waals surface area contributed by atoms with Gasteiger partial charge in [0, 0.05) is 19.0 Å². The summed E-state index contributed by atoms with van der Waals surface area (Å²) in [6, 6.07) is -0.421. The quantitative estimate of drug-likeness (QED) is 0.492. The molecule has 1 rings (SSSR count). The fraction of sp³-hybridized carbons (Fsp3) is 0.909. The minimum absolute atomic E-state index is 0.133. The second-order valence-electron chi connectivity index (χ2n) is 4.39. The maximum atomic E-state index is 11.9. The van der Waals surface area contributed by atoms with E-state index in [0.717, 1.165) is 0 Å². The molecule has 4 atom stereocenters. The molecule has 1 fully saturated rings. The van der Waals surface area contributed by atoms with Gasteiger partial charge >= 0.3 is 6.03 Å².